The van der Waals surface area contributed by atoms with E-state index in [1.54, 1.807) is 0 Å². The molecule has 0 aliphatic rings. The normalized spacial score (nSPS) is 14.8. The van der Waals surface area contributed by atoms with Crippen LogP contribution in [0.15, 0.2) is 122 Å². The second-order valence-electron chi connectivity index (χ2n) is 25.1. The number of carbonyl (C=O) groups excluding carboxylic acids is 3. The molecule has 0 aromatic heterocycles. The fraction of sp³-hybridized carbons (Fsp3) is 0.709. The molecule has 558 valence electrons. The molecule has 0 spiro atoms. The van der Waals surface area contributed by atoms with E-state index < -0.39 is 91.5 Å². The van der Waals surface area contributed by atoms with Crippen LogP contribution < -0.4 is 0 Å². The summed E-state index contributed by atoms with van der Waals surface area (Å²) in [6.07, 6.45) is 84.0. The molecule has 97 heavy (non-hydrogen) atoms. The minimum absolute atomic E-state index is 0.0848. The Hall–Kier alpha value is -4.05. The van der Waals surface area contributed by atoms with Crippen molar-refractivity contribution in [3.8, 4) is 0 Å². The van der Waals surface area contributed by atoms with E-state index in [9.17, 15) is 43.5 Å². The SMILES string of the molecule is CC/C=C\C/C=C\C/C=C\C/C=C\C/C=C\C/C=C\CCCCCCCCCCCCCCC(=O)OCC(O)COP(=O)(O)OCC(O)COP(=O)(O)OCC(COC(=O)CCCCCCC/C=C\C/C=C\CCCCC)OC(=O)CCCCCCC/C=C\C/C=C\CCCCC. The number of hydrogen-bond acceptors (Lipinski definition) is 14. The Balaban J connectivity index is 4.47. The molecule has 0 aliphatic carbocycles. The first kappa shape index (κ1) is 93.0. The highest BCUT2D eigenvalue weighted by Crippen LogP contribution is 2.45. The molecule has 4 N–H and O–H groups in total. The molecular formula is C79H136O16P2. The Kier molecular flexibility index (Phi) is 68.8. The molecule has 5 unspecified atom stereocenters. The smallest absolute Gasteiger partial charge is 0.463 e. The Labute approximate surface area is 589 Å². The van der Waals surface area contributed by atoms with Crippen molar-refractivity contribution < 1.29 is 75.8 Å². The van der Waals surface area contributed by atoms with Gasteiger partial charge in [0.05, 0.1) is 26.4 Å². The van der Waals surface area contributed by atoms with Crippen LogP contribution in [0.1, 0.15) is 303 Å². The number of aliphatic hydroxyl groups is 2. The Bertz CT molecular complexity index is 2250. The van der Waals surface area contributed by atoms with Crippen LogP contribution in [0.4, 0.5) is 0 Å². The zero-order chi connectivity index (χ0) is 70.9. The second-order valence-corrected chi connectivity index (χ2v) is 28.0. The molecule has 5 atom stereocenters. The van der Waals surface area contributed by atoms with Crippen LogP contribution in [-0.2, 0) is 55.8 Å². The van der Waals surface area contributed by atoms with Gasteiger partial charge in [-0.1, -0.05) is 271 Å². The van der Waals surface area contributed by atoms with Crippen molar-refractivity contribution in [3.05, 3.63) is 122 Å². The quantitative estimate of drug-likeness (QED) is 0.0146. The molecule has 0 radical (unpaired) electrons. The molecule has 0 rings (SSSR count). The third-order valence-corrected chi connectivity index (χ3v) is 17.5. The summed E-state index contributed by atoms with van der Waals surface area (Å²) in [7, 11) is -9.79. The third-order valence-electron chi connectivity index (χ3n) is 15.6. The Morgan fingerprint density at radius 3 is 0.866 bits per heavy atom. The van der Waals surface area contributed by atoms with Crippen molar-refractivity contribution in [2.75, 3.05) is 39.6 Å². The Morgan fingerprint density at radius 2 is 0.546 bits per heavy atom. The predicted octanol–water partition coefficient (Wildman–Crippen LogP) is 21.8. The highest BCUT2D eigenvalue weighted by Gasteiger charge is 2.29. The van der Waals surface area contributed by atoms with Crippen molar-refractivity contribution >= 4 is 33.6 Å². The van der Waals surface area contributed by atoms with E-state index in [4.69, 9.17) is 32.3 Å². The number of carbonyl (C=O) groups is 3. The van der Waals surface area contributed by atoms with Gasteiger partial charge >= 0.3 is 33.6 Å². The maximum absolute atomic E-state index is 12.9. The number of esters is 3. The van der Waals surface area contributed by atoms with E-state index in [1.807, 2.05) is 0 Å². The number of aliphatic hydroxyl groups excluding tert-OH is 2. The van der Waals surface area contributed by atoms with Gasteiger partial charge in [0.25, 0.3) is 0 Å². The molecule has 0 aromatic carbocycles. The topological polar surface area (TPSA) is 231 Å². The van der Waals surface area contributed by atoms with Crippen LogP contribution in [-0.4, -0.2) is 95.9 Å². The van der Waals surface area contributed by atoms with Crippen LogP contribution in [0.25, 0.3) is 0 Å². The van der Waals surface area contributed by atoms with Crippen LogP contribution in [0.5, 0.6) is 0 Å². The van der Waals surface area contributed by atoms with Crippen molar-refractivity contribution in [2.24, 2.45) is 0 Å². The lowest BCUT2D eigenvalue weighted by atomic mass is 10.0. The number of phosphoric acid groups is 2. The summed E-state index contributed by atoms with van der Waals surface area (Å²) in [4.78, 5) is 58.5. The van der Waals surface area contributed by atoms with Gasteiger partial charge < -0.3 is 34.2 Å². The molecule has 0 fully saturated rings. The molecule has 0 heterocycles. The van der Waals surface area contributed by atoms with Gasteiger partial charge in [0.2, 0.25) is 0 Å². The number of ether oxygens (including phenoxy) is 3. The zero-order valence-corrected chi connectivity index (χ0v) is 62.5. The summed E-state index contributed by atoms with van der Waals surface area (Å²) in [6, 6.07) is 0. The van der Waals surface area contributed by atoms with E-state index >= 15 is 0 Å². The number of rotatable bonds is 71. The van der Waals surface area contributed by atoms with Crippen molar-refractivity contribution in [2.45, 2.75) is 322 Å². The van der Waals surface area contributed by atoms with E-state index in [0.29, 0.717) is 19.3 Å². The van der Waals surface area contributed by atoms with Gasteiger partial charge in [-0.05, 0) is 135 Å². The lowest BCUT2D eigenvalue weighted by Crippen LogP contribution is -2.30. The van der Waals surface area contributed by atoms with Crippen LogP contribution in [0, 0.1) is 0 Å². The second kappa shape index (κ2) is 71.8. The van der Waals surface area contributed by atoms with E-state index in [2.05, 4.69) is 142 Å². The minimum Gasteiger partial charge on any atom is -0.463 e. The first-order valence-corrected chi connectivity index (χ1v) is 40.8. The summed E-state index contributed by atoms with van der Waals surface area (Å²) in [5, 5.41) is 20.6. The van der Waals surface area contributed by atoms with Gasteiger partial charge in [-0.2, -0.15) is 0 Å². The summed E-state index contributed by atoms with van der Waals surface area (Å²) in [6.45, 7) is 2.48. The molecular weight excluding hydrogens is 1270 g/mol. The van der Waals surface area contributed by atoms with Gasteiger partial charge in [0, 0.05) is 19.3 Å². The minimum atomic E-state index is -4.93. The molecule has 0 bridgehead atoms. The van der Waals surface area contributed by atoms with Crippen molar-refractivity contribution in [1.82, 2.24) is 0 Å². The standard InChI is InChI=1S/C79H136O16P2/c1-4-7-10-13-16-19-22-25-28-29-30-31-32-33-34-35-36-37-38-39-40-41-42-43-46-48-50-53-56-59-62-65-77(82)89-68-74(80)69-91-96(85,86)92-70-75(81)71-93-97(87,88)94-73-76(95-79(84)67-64-61-58-55-52-49-45-27-24-21-18-15-12-9-6-3)72-90-78(83)66-63-60-57-54-51-47-44-26-23-20-17-14-11-8-5-2/h7,10,16-21,25-28,30-31,33-34,36-37,44-45,74-76,80-81H,4-6,8-9,11-15,22-24,29,32,35,38-43,46-73H2,1-3H3,(H,85,86)(H,87,88)/b10-7-,19-16-,20-17-,21-18-,28-25-,31-30-,34-33-,37-36-,44-26-,45-27-. The monoisotopic (exact) mass is 1400 g/mol. The third kappa shape index (κ3) is 73.0. The largest absolute Gasteiger partial charge is 0.472 e. The van der Waals surface area contributed by atoms with Gasteiger partial charge in [0.15, 0.2) is 6.10 Å². The van der Waals surface area contributed by atoms with Crippen LogP contribution in [0.3, 0.4) is 0 Å². The molecule has 0 saturated carbocycles. The number of phosphoric ester groups is 2. The fourth-order valence-electron chi connectivity index (χ4n) is 9.87. The van der Waals surface area contributed by atoms with E-state index in [0.717, 1.165) is 154 Å². The average Bonchev–Trinajstić information content (AvgIpc) is 1.84. The fourth-order valence-corrected chi connectivity index (χ4v) is 11.5. The maximum atomic E-state index is 12.9. The highest BCUT2D eigenvalue weighted by atomic mass is 31.2. The Morgan fingerprint density at radius 1 is 0.299 bits per heavy atom. The summed E-state index contributed by atoms with van der Waals surface area (Å²) >= 11 is 0. The van der Waals surface area contributed by atoms with Crippen molar-refractivity contribution in [3.63, 3.8) is 0 Å². The maximum Gasteiger partial charge on any atom is 0.472 e. The van der Waals surface area contributed by atoms with Gasteiger partial charge in [0.1, 0.15) is 25.4 Å². The van der Waals surface area contributed by atoms with Gasteiger partial charge in [-0.3, -0.25) is 32.5 Å². The zero-order valence-electron chi connectivity index (χ0n) is 60.7. The molecule has 18 heteroatoms. The molecule has 0 saturated heterocycles. The first-order valence-electron chi connectivity index (χ1n) is 37.8. The molecule has 0 aliphatic heterocycles. The summed E-state index contributed by atoms with van der Waals surface area (Å²) in [5.74, 6) is -1.61. The number of unbranched alkanes of at least 4 members (excludes halogenated alkanes) is 28. The first-order chi connectivity index (χ1) is 47.2. The van der Waals surface area contributed by atoms with E-state index in [1.165, 1.54) is 89.9 Å². The average molecular weight is 1400 g/mol. The number of allylic oxidation sites excluding steroid dienone is 20. The predicted molar refractivity (Wildman–Crippen MR) is 399 cm³/mol. The van der Waals surface area contributed by atoms with Crippen LogP contribution >= 0.6 is 15.6 Å². The van der Waals surface area contributed by atoms with Gasteiger partial charge in [-0.25, -0.2) is 9.13 Å². The number of hydrogen-bond donors (Lipinski definition) is 4. The molecule has 0 amide bonds. The lowest BCUT2D eigenvalue weighted by Gasteiger charge is -2.21. The van der Waals surface area contributed by atoms with E-state index in [-0.39, 0.29) is 19.3 Å². The van der Waals surface area contributed by atoms with Gasteiger partial charge in [-0.15, -0.1) is 0 Å². The van der Waals surface area contributed by atoms with Crippen molar-refractivity contribution in [1.29, 1.82) is 0 Å². The summed E-state index contributed by atoms with van der Waals surface area (Å²) < 4.78 is 61.0. The highest BCUT2D eigenvalue weighted by molar-refractivity contribution is 7.47. The molecule has 0 aromatic rings. The van der Waals surface area contributed by atoms with Crippen LogP contribution in [0.2, 0.25) is 0 Å². The summed E-state index contributed by atoms with van der Waals surface area (Å²) in [5.41, 5.74) is 0. The lowest BCUT2D eigenvalue weighted by molar-refractivity contribution is -0.161. The molecule has 16 nitrogen and oxygen atoms in total.